The first-order valence-electron chi connectivity index (χ1n) is 4.43. The molecule has 7 heteroatoms. The van der Waals surface area contributed by atoms with Crippen LogP contribution in [0.1, 0.15) is 10.5 Å². The van der Waals surface area contributed by atoms with E-state index in [9.17, 15) is 4.79 Å². The number of hydrogen-bond donors (Lipinski definition) is 1. The Kier molecular flexibility index (Phi) is 2.82. The molecule has 0 spiro atoms. The Balaban J connectivity index is 2.13. The van der Waals surface area contributed by atoms with Crippen LogP contribution < -0.4 is 5.32 Å². The van der Waals surface area contributed by atoms with Crippen molar-refractivity contribution in [1.82, 2.24) is 19.5 Å². The van der Waals surface area contributed by atoms with E-state index in [-0.39, 0.29) is 17.0 Å². The summed E-state index contributed by atoms with van der Waals surface area (Å²) in [6.45, 7) is 0. The molecule has 82 valence electrons. The highest BCUT2D eigenvalue weighted by molar-refractivity contribution is 6.29. The molecule has 16 heavy (non-hydrogen) atoms. The van der Waals surface area contributed by atoms with E-state index in [1.807, 2.05) is 0 Å². The third-order valence-electron chi connectivity index (χ3n) is 1.78. The fourth-order valence-corrected chi connectivity index (χ4v) is 1.23. The molecule has 2 aromatic heterocycles. The van der Waals surface area contributed by atoms with Crippen LogP contribution in [0.2, 0.25) is 5.15 Å². The number of nitrogens with zero attached hydrogens (tertiary/aromatic N) is 4. The summed E-state index contributed by atoms with van der Waals surface area (Å²) in [6, 6.07) is 1.53. The van der Waals surface area contributed by atoms with Crippen molar-refractivity contribution in [3.8, 4) is 0 Å². The maximum Gasteiger partial charge on any atom is 0.278 e. The van der Waals surface area contributed by atoms with Crippen molar-refractivity contribution < 1.29 is 4.79 Å². The fraction of sp³-hybridized carbons (Fsp3) is 0.111. The molecular formula is C9H8ClN5O. The second kappa shape index (κ2) is 4.28. The molecule has 0 aromatic carbocycles. The summed E-state index contributed by atoms with van der Waals surface area (Å²) in [5, 5.41) is 2.76. The van der Waals surface area contributed by atoms with Gasteiger partial charge in [-0.25, -0.2) is 15.0 Å². The number of halogens is 1. The van der Waals surface area contributed by atoms with Gasteiger partial charge in [0.15, 0.2) is 0 Å². The summed E-state index contributed by atoms with van der Waals surface area (Å²) < 4.78 is 1.67. The van der Waals surface area contributed by atoms with Gasteiger partial charge in [-0.05, 0) is 6.07 Å². The van der Waals surface area contributed by atoms with Crippen molar-refractivity contribution in [2.24, 2.45) is 7.05 Å². The number of hydrogen-bond acceptors (Lipinski definition) is 4. The zero-order valence-electron chi connectivity index (χ0n) is 8.38. The van der Waals surface area contributed by atoms with Crippen molar-refractivity contribution in [3.63, 3.8) is 0 Å². The SMILES string of the molecule is Cn1cnc(C(=O)Nc2nccc(Cl)n2)c1. The first kappa shape index (κ1) is 10.6. The zero-order valence-corrected chi connectivity index (χ0v) is 9.14. The van der Waals surface area contributed by atoms with Crippen molar-refractivity contribution >= 4 is 23.5 Å². The third kappa shape index (κ3) is 2.34. The summed E-state index contributed by atoms with van der Waals surface area (Å²) >= 11 is 5.66. The molecule has 6 nitrogen and oxygen atoms in total. The fourth-order valence-electron chi connectivity index (χ4n) is 1.09. The van der Waals surface area contributed by atoms with E-state index < -0.39 is 0 Å². The summed E-state index contributed by atoms with van der Waals surface area (Å²) in [4.78, 5) is 23.2. The lowest BCUT2D eigenvalue weighted by Crippen LogP contribution is -2.14. The van der Waals surface area contributed by atoms with Gasteiger partial charge in [0.2, 0.25) is 5.95 Å². The van der Waals surface area contributed by atoms with E-state index in [4.69, 9.17) is 11.6 Å². The molecule has 2 rings (SSSR count). The Labute approximate surface area is 96.3 Å². The van der Waals surface area contributed by atoms with Gasteiger partial charge >= 0.3 is 0 Å². The van der Waals surface area contributed by atoms with Crippen LogP contribution in [0.15, 0.2) is 24.8 Å². The molecule has 2 aromatic rings. The number of amides is 1. The second-order valence-electron chi connectivity index (χ2n) is 3.08. The number of carbonyl (C=O) groups is 1. The Morgan fingerprint density at radius 2 is 2.31 bits per heavy atom. The highest BCUT2D eigenvalue weighted by Crippen LogP contribution is 2.06. The van der Waals surface area contributed by atoms with E-state index in [0.717, 1.165) is 0 Å². The number of nitrogens with one attached hydrogen (secondary N) is 1. The van der Waals surface area contributed by atoms with Crippen LogP contribution in [-0.4, -0.2) is 25.4 Å². The lowest BCUT2D eigenvalue weighted by Gasteiger charge is -2.00. The first-order chi connectivity index (χ1) is 7.65. The molecule has 0 atom stereocenters. The minimum absolute atomic E-state index is 0.156. The highest BCUT2D eigenvalue weighted by Gasteiger charge is 2.10. The maximum atomic E-state index is 11.6. The van der Waals surface area contributed by atoms with Gasteiger partial charge in [0, 0.05) is 19.4 Å². The molecular weight excluding hydrogens is 230 g/mol. The van der Waals surface area contributed by atoms with E-state index >= 15 is 0 Å². The van der Waals surface area contributed by atoms with Crippen LogP contribution in [0.25, 0.3) is 0 Å². The summed E-state index contributed by atoms with van der Waals surface area (Å²) in [7, 11) is 1.78. The zero-order chi connectivity index (χ0) is 11.5. The van der Waals surface area contributed by atoms with Gasteiger partial charge in [-0.2, -0.15) is 0 Å². The van der Waals surface area contributed by atoms with Gasteiger partial charge in [-0.15, -0.1) is 0 Å². The number of aromatic nitrogens is 4. The van der Waals surface area contributed by atoms with Gasteiger partial charge in [-0.3, -0.25) is 10.1 Å². The van der Waals surface area contributed by atoms with Crippen LogP contribution in [0.3, 0.4) is 0 Å². The van der Waals surface area contributed by atoms with Crippen LogP contribution >= 0.6 is 11.6 Å². The number of rotatable bonds is 2. The second-order valence-corrected chi connectivity index (χ2v) is 3.47. The van der Waals surface area contributed by atoms with Crippen LogP contribution in [0.5, 0.6) is 0 Å². The van der Waals surface area contributed by atoms with Crippen LogP contribution in [-0.2, 0) is 7.05 Å². The third-order valence-corrected chi connectivity index (χ3v) is 1.99. The van der Waals surface area contributed by atoms with Gasteiger partial charge < -0.3 is 4.57 Å². The molecule has 1 N–H and O–H groups in total. The van der Waals surface area contributed by atoms with E-state index in [0.29, 0.717) is 5.69 Å². The number of carbonyl (C=O) groups excluding carboxylic acids is 1. The van der Waals surface area contributed by atoms with Crippen LogP contribution in [0.4, 0.5) is 5.95 Å². The molecule has 0 radical (unpaired) electrons. The molecule has 0 aliphatic carbocycles. The van der Waals surface area contributed by atoms with Crippen molar-refractivity contribution in [2.75, 3.05) is 5.32 Å². The Bertz CT molecular complexity index is 524. The average Bonchev–Trinajstić information content (AvgIpc) is 2.65. The minimum Gasteiger partial charge on any atom is -0.340 e. The Hall–Kier alpha value is -1.95. The molecule has 0 bridgehead atoms. The molecule has 2 heterocycles. The van der Waals surface area contributed by atoms with Gasteiger partial charge in [0.1, 0.15) is 10.8 Å². The lowest BCUT2D eigenvalue weighted by atomic mass is 10.4. The smallest absolute Gasteiger partial charge is 0.278 e. The number of imidazole rings is 1. The molecule has 0 fully saturated rings. The lowest BCUT2D eigenvalue weighted by molar-refractivity contribution is 0.102. The molecule has 0 aliphatic rings. The van der Waals surface area contributed by atoms with Crippen LogP contribution in [0, 0.1) is 0 Å². The van der Waals surface area contributed by atoms with Crippen molar-refractivity contribution in [2.45, 2.75) is 0 Å². The van der Waals surface area contributed by atoms with Crippen molar-refractivity contribution in [3.05, 3.63) is 35.6 Å². The monoisotopic (exact) mass is 237 g/mol. The normalized spacial score (nSPS) is 10.1. The van der Waals surface area contributed by atoms with E-state index in [1.54, 1.807) is 17.8 Å². The predicted octanol–water partition coefficient (Wildman–Crippen LogP) is 1.12. The molecule has 0 aliphatic heterocycles. The van der Waals surface area contributed by atoms with Gasteiger partial charge in [0.25, 0.3) is 5.91 Å². The largest absolute Gasteiger partial charge is 0.340 e. The van der Waals surface area contributed by atoms with Crippen molar-refractivity contribution in [1.29, 1.82) is 0 Å². The molecule has 0 unspecified atom stereocenters. The van der Waals surface area contributed by atoms with Gasteiger partial charge in [0.05, 0.1) is 6.33 Å². The van der Waals surface area contributed by atoms with Gasteiger partial charge in [-0.1, -0.05) is 11.6 Å². The summed E-state index contributed by atoms with van der Waals surface area (Å²) in [5.41, 5.74) is 0.297. The first-order valence-corrected chi connectivity index (χ1v) is 4.81. The Morgan fingerprint density at radius 3 is 2.94 bits per heavy atom. The summed E-state index contributed by atoms with van der Waals surface area (Å²) in [6.07, 6.45) is 4.59. The highest BCUT2D eigenvalue weighted by atomic mass is 35.5. The number of aryl methyl sites for hydroxylation is 1. The van der Waals surface area contributed by atoms with E-state index in [2.05, 4.69) is 20.3 Å². The number of anilines is 1. The molecule has 1 amide bonds. The molecule has 0 saturated heterocycles. The molecule has 0 saturated carbocycles. The standard InChI is InChI=1S/C9H8ClN5O/c1-15-4-6(12-5-15)8(16)14-9-11-3-2-7(10)13-9/h2-5H,1H3,(H,11,13,14,16). The summed E-state index contributed by atoms with van der Waals surface area (Å²) in [5.74, 6) is -0.217. The predicted molar refractivity (Wildman–Crippen MR) is 58.2 cm³/mol. The average molecular weight is 238 g/mol. The topological polar surface area (TPSA) is 72.7 Å². The van der Waals surface area contributed by atoms with E-state index in [1.165, 1.54) is 18.6 Å². The minimum atomic E-state index is -0.372. The maximum absolute atomic E-state index is 11.6. The Morgan fingerprint density at radius 1 is 1.50 bits per heavy atom. The quantitative estimate of drug-likeness (QED) is 0.795.